The number of nitrogens with zero attached hydrogens (tertiary/aromatic N) is 1. The Bertz CT molecular complexity index is 539. The van der Waals surface area contributed by atoms with Crippen molar-refractivity contribution in [3.05, 3.63) is 64.9 Å². The van der Waals surface area contributed by atoms with E-state index in [0.29, 0.717) is 13.2 Å². The van der Waals surface area contributed by atoms with Crippen molar-refractivity contribution in [3.8, 4) is 0 Å². The van der Waals surface area contributed by atoms with Gasteiger partial charge in [0.2, 0.25) is 0 Å². The van der Waals surface area contributed by atoms with Crippen LogP contribution in [0.3, 0.4) is 0 Å². The predicted octanol–water partition coefficient (Wildman–Crippen LogP) is 4.66. The van der Waals surface area contributed by atoms with Gasteiger partial charge in [-0.15, -0.1) is 0 Å². The summed E-state index contributed by atoms with van der Waals surface area (Å²) in [6, 6.07) is 13.8. The summed E-state index contributed by atoms with van der Waals surface area (Å²) in [7, 11) is 0. The molecule has 3 nitrogen and oxygen atoms in total. The smallest absolute Gasteiger partial charge is 0.158 e. The monoisotopic (exact) mass is 319 g/mol. The molecule has 4 heteroatoms. The first-order chi connectivity index (χ1) is 10.7. The third-order valence-corrected chi connectivity index (χ3v) is 3.70. The summed E-state index contributed by atoms with van der Waals surface area (Å²) in [6.45, 7) is 5.20. The summed E-state index contributed by atoms with van der Waals surface area (Å²) in [5.74, 6) is 0.113. The van der Waals surface area contributed by atoms with E-state index in [-0.39, 0.29) is 12.2 Å². The molecule has 1 heterocycles. The van der Waals surface area contributed by atoms with E-state index < -0.39 is 0 Å². The molecule has 0 fully saturated rings. The van der Waals surface area contributed by atoms with Crippen LogP contribution in [0.2, 0.25) is 5.02 Å². The van der Waals surface area contributed by atoms with Gasteiger partial charge in [0.1, 0.15) is 0 Å². The van der Waals surface area contributed by atoms with Gasteiger partial charge >= 0.3 is 0 Å². The molecule has 2 aromatic rings. The molecule has 0 aliphatic heterocycles. The van der Waals surface area contributed by atoms with E-state index in [0.717, 1.165) is 22.7 Å². The Morgan fingerprint density at radius 1 is 1.00 bits per heavy atom. The highest BCUT2D eigenvalue weighted by molar-refractivity contribution is 6.30. The minimum Gasteiger partial charge on any atom is -0.353 e. The van der Waals surface area contributed by atoms with Gasteiger partial charge in [-0.05, 0) is 43.7 Å². The second-order valence-corrected chi connectivity index (χ2v) is 5.37. The Labute approximate surface area is 137 Å². The maximum absolute atomic E-state index is 6.00. The molecule has 1 aromatic heterocycles. The molecule has 0 radical (unpaired) electrons. The molecule has 0 bridgehead atoms. The zero-order chi connectivity index (χ0) is 15.8. The number of pyridine rings is 1. The van der Waals surface area contributed by atoms with E-state index in [1.54, 1.807) is 0 Å². The topological polar surface area (TPSA) is 31.4 Å². The normalized spacial score (nSPS) is 12.5. The van der Waals surface area contributed by atoms with Crippen molar-refractivity contribution in [2.24, 2.45) is 0 Å². The molecular weight excluding hydrogens is 298 g/mol. The van der Waals surface area contributed by atoms with Crippen LogP contribution in [-0.2, 0) is 9.47 Å². The van der Waals surface area contributed by atoms with E-state index in [1.165, 1.54) is 0 Å². The minimum atomic E-state index is -0.238. The summed E-state index contributed by atoms with van der Waals surface area (Å²) in [4.78, 5) is 4.51. The first-order valence-electron chi connectivity index (χ1n) is 7.64. The van der Waals surface area contributed by atoms with Crippen molar-refractivity contribution in [2.45, 2.75) is 32.5 Å². The highest BCUT2D eigenvalue weighted by Gasteiger charge is 2.21. The Morgan fingerprint density at radius 2 is 1.68 bits per heavy atom. The van der Waals surface area contributed by atoms with Crippen LogP contribution in [0.1, 0.15) is 37.4 Å². The fourth-order valence-corrected chi connectivity index (χ4v) is 2.58. The summed E-state index contributed by atoms with van der Waals surface area (Å²) >= 11 is 6.00. The number of hydrogen-bond acceptors (Lipinski definition) is 3. The molecule has 22 heavy (non-hydrogen) atoms. The number of rotatable bonds is 8. The standard InChI is InChI=1S/C18H22ClNO2/c1-3-21-18(22-4-2)13-16(17-7-5-6-12-20-17)14-8-10-15(19)11-9-14/h5-12,16,18H,3-4,13H2,1-2H3/t16-/m0/s1. The Kier molecular flexibility index (Phi) is 6.84. The average molecular weight is 320 g/mol. The van der Waals surface area contributed by atoms with Crippen LogP contribution in [0.4, 0.5) is 0 Å². The first kappa shape index (κ1) is 16.9. The molecule has 0 spiro atoms. The van der Waals surface area contributed by atoms with Gasteiger partial charge in [-0.1, -0.05) is 29.8 Å². The van der Waals surface area contributed by atoms with Gasteiger partial charge in [0, 0.05) is 42.5 Å². The van der Waals surface area contributed by atoms with Gasteiger partial charge in [-0.2, -0.15) is 0 Å². The quantitative estimate of drug-likeness (QED) is 0.663. The lowest BCUT2D eigenvalue weighted by Crippen LogP contribution is -2.21. The molecular formula is C18H22ClNO2. The van der Waals surface area contributed by atoms with Crippen molar-refractivity contribution in [1.82, 2.24) is 4.98 Å². The van der Waals surface area contributed by atoms with E-state index in [2.05, 4.69) is 4.98 Å². The third-order valence-electron chi connectivity index (χ3n) is 3.45. The van der Waals surface area contributed by atoms with Crippen LogP contribution in [0.25, 0.3) is 0 Å². The number of aromatic nitrogens is 1. The maximum atomic E-state index is 6.00. The number of halogens is 1. The average Bonchev–Trinajstić information content (AvgIpc) is 2.55. The number of hydrogen-bond donors (Lipinski definition) is 0. The van der Waals surface area contributed by atoms with E-state index in [4.69, 9.17) is 21.1 Å². The highest BCUT2D eigenvalue weighted by atomic mass is 35.5. The lowest BCUT2D eigenvalue weighted by molar-refractivity contribution is -0.141. The van der Waals surface area contributed by atoms with Crippen LogP contribution >= 0.6 is 11.6 Å². The van der Waals surface area contributed by atoms with Gasteiger partial charge in [-0.25, -0.2) is 0 Å². The fraction of sp³-hybridized carbons (Fsp3) is 0.389. The Morgan fingerprint density at radius 3 is 2.23 bits per heavy atom. The highest BCUT2D eigenvalue weighted by Crippen LogP contribution is 2.30. The van der Waals surface area contributed by atoms with Crippen LogP contribution in [0, 0.1) is 0 Å². The molecule has 0 aliphatic rings. The van der Waals surface area contributed by atoms with Gasteiger partial charge in [-0.3, -0.25) is 4.98 Å². The molecule has 0 saturated heterocycles. The zero-order valence-electron chi connectivity index (χ0n) is 13.0. The molecule has 2 rings (SSSR count). The minimum absolute atomic E-state index is 0.113. The van der Waals surface area contributed by atoms with Crippen LogP contribution in [0.5, 0.6) is 0 Å². The maximum Gasteiger partial charge on any atom is 0.158 e. The second-order valence-electron chi connectivity index (χ2n) is 4.93. The largest absolute Gasteiger partial charge is 0.353 e. The van der Waals surface area contributed by atoms with E-state index in [9.17, 15) is 0 Å². The van der Waals surface area contributed by atoms with Gasteiger partial charge < -0.3 is 9.47 Å². The lowest BCUT2D eigenvalue weighted by Gasteiger charge is -2.23. The summed E-state index contributed by atoms with van der Waals surface area (Å²) in [5, 5.41) is 0.731. The predicted molar refractivity (Wildman–Crippen MR) is 89.2 cm³/mol. The summed E-state index contributed by atoms with van der Waals surface area (Å²) in [6.07, 6.45) is 2.30. The number of ether oxygens (including phenoxy) is 2. The van der Waals surface area contributed by atoms with Crippen LogP contribution in [0.15, 0.2) is 48.7 Å². The third kappa shape index (κ3) is 4.80. The molecule has 1 atom stereocenters. The van der Waals surface area contributed by atoms with Crippen molar-refractivity contribution < 1.29 is 9.47 Å². The Balaban J connectivity index is 2.27. The molecule has 0 aliphatic carbocycles. The lowest BCUT2D eigenvalue weighted by atomic mass is 9.91. The molecule has 0 N–H and O–H groups in total. The van der Waals surface area contributed by atoms with Crippen LogP contribution < -0.4 is 0 Å². The van der Waals surface area contributed by atoms with Crippen LogP contribution in [-0.4, -0.2) is 24.5 Å². The summed E-state index contributed by atoms with van der Waals surface area (Å²) < 4.78 is 11.4. The van der Waals surface area contributed by atoms with E-state index in [1.807, 2.05) is 62.5 Å². The van der Waals surface area contributed by atoms with Gasteiger partial charge in [0.15, 0.2) is 6.29 Å². The second kappa shape index (κ2) is 8.89. The molecule has 1 aromatic carbocycles. The number of benzene rings is 1. The van der Waals surface area contributed by atoms with Crippen molar-refractivity contribution >= 4 is 11.6 Å². The van der Waals surface area contributed by atoms with Crippen molar-refractivity contribution in [3.63, 3.8) is 0 Å². The van der Waals surface area contributed by atoms with Crippen molar-refractivity contribution in [1.29, 1.82) is 0 Å². The molecule has 0 saturated carbocycles. The molecule has 0 amide bonds. The SMILES string of the molecule is CCOC(C[C@@H](c1ccc(Cl)cc1)c1ccccn1)OCC. The summed E-state index contributed by atoms with van der Waals surface area (Å²) in [5.41, 5.74) is 2.17. The molecule has 0 unspecified atom stereocenters. The van der Waals surface area contributed by atoms with Crippen molar-refractivity contribution in [2.75, 3.05) is 13.2 Å². The van der Waals surface area contributed by atoms with Gasteiger partial charge in [0.25, 0.3) is 0 Å². The Hall–Kier alpha value is -1.42. The zero-order valence-corrected chi connectivity index (χ0v) is 13.8. The first-order valence-corrected chi connectivity index (χ1v) is 8.02. The molecule has 118 valence electrons. The fourth-order valence-electron chi connectivity index (χ4n) is 2.45. The van der Waals surface area contributed by atoms with E-state index >= 15 is 0 Å². The van der Waals surface area contributed by atoms with Gasteiger partial charge in [0.05, 0.1) is 0 Å².